The number of rotatable bonds is 3. The molecule has 1 aliphatic heterocycles. The molecule has 4 nitrogen and oxygen atoms in total. The summed E-state index contributed by atoms with van der Waals surface area (Å²) in [4.78, 5) is 12.2. The summed E-state index contributed by atoms with van der Waals surface area (Å²) in [5.74, 6) is 1.39. The van der Waals surface area contributed by atoms with Crippen molar-refractivity contribution in [3.05, 3.63) is 24.3 Å². The molecule has 1 amide bonds. The fraction of sp³-hybridized carbons (Fsp3) is 0.533. The minimum atomic E-state index is -0.433. The quantitative estimate of drug-likeness (QED) is 0.875. The number of fused-ring (bicyclic) bond motifs is 1. The molecule has 2 N–H and O–H groups in total. The molecule has 1 fully saturated rings. The van der Waals surface area contributed by atoms with Crippen molar-refractivity contribution in [1.29, 1.82) is 0 Å². The van der Waals surface area contributed by atoms with E-state index in [9.17, 15) is 4.79 Å². The Morgan fingerprint density at radius 3 is 2.95 bits per heavy atom. The molecule has 1 aromatic carbocycles. The Kier molecular flexibility index (Phi) is 3.32. The van der Waals surface area contributed by atoms with Crippen molar-refractivity contribution in [2.24, 2.45) is 5.92 Å². The van der Waals surface area contributed by atoms with E-state index in [4.69, 9.17) is 4.74 Å². The minimum absolute atomic E-state index is 0.0126. The van der Waals surface area contributed by atoms with Gasteiger partial charge in [-0.25, -0.2) is 0 Å². The van der Waals surface area contributed by atoms with Gasteiger partial charge in [0.05, 0.1) is 12.2 Å². The summed E-state index contributed by atoms with van der Waals surface area (Å²) in [6.45, 7) is 2.62. The predicted molar refractivity (Wildman–Crippen MR) is 74.3 cm³/mol. The largest absolute Gasteiger partial charge is 0.477 e. The van der Waals surface area contributed by atoms with E-state index >= 15 is 0 Å². The molecule has 1 aliphatic carbocycles. The van der Waals surface area contributed by atoms with E-state index in [1.54, 1.807) is 0 Å². The van der Waals surface area contributed by atoms with Gasteiger partial charge in [-0.3, -0.25) is 4.79 Å². The van der Waals surface area contributed by atoms with Crippen LogP contribution in [0.3, 0.4) is 0 Å². The molecule has 0 aromatic heterocycles. The topological polar surface area (TPSA) is 50.4 Å². The first kappa shape index (κ1) is 12.3. The van der Waals surface area contributed by atoms with Crippen LogP contribution in [0, 0.1) is 5.92 Å². The van der Waals surface area contributed by atoms with E-state index in [0.717, 1.165) is 11.4 Å². The first-order chi connectivity index (χ1) is 9.24. The fourth-order valence-corrected chi connectivity index (χ4v) is 2.63. The molecule has 0 spiro atoms. The molecule has 1 saturated carbocycles. The van der Waals surface area contributed by atoms with E-state index in [1.807, 2.05) is 24.3 Å². The van der Waals surface area contributed by atoms with Crippen LogP contribution in [0.25, 0.3) is 0 Å². The smallest absolute Gasteiger partial charge is 0.263 e. The van der Waals surface area contributed by atoms with E-state index in [-0.39, 0.29) is 11.9 Å². The van der Waals surface area contributed by atoms with Gasteiger partial charge in [-0.1, -0.05) is 18.6 Å². The van der Waals surface area contributed by atoms with Crippen LogP contribution in [0.5, 0.6) is 5.75 Å². The zero-order chi connectivity index (χ0) is 13.2. The highest BCUT2D eigenvalue weighted by Crippen LogP contribution is 2.30. The molecular formula is C15H20N2O2. The van der Waals surface area contributed by atoms with E-state index < -0.39 is 6.10 Å². The van der Waals surface area contributed by atoms with E-state index in [1.165, 1.54) is 19.3 Å². The van der Waals surface area contributed by atoms with Crippen molar-refractivity contribution >= 4 is 11.6 Å². The van der Waals surface area contributed by atoms with Gasteiger partial charge in [0, 0.05) is 6.04 Å². The van der Waals surface area contributed by atoms with Crippen LogP contribution in [0.4, 0.5) is 5.69 Å². The first-order valence-electron chi connectivity index (χ1n) is 7.04. The summed E-state index contributed by atoms with van der Waals surface area (Å²) in [5.41, 5.74) is 0.957. The number of para-hydroxylation sites is 2. The standard InChI is InChI=1S/C15H20N2O2/c1-10(11-5-4-6-11)17-15(18)14-9-16-12-7-2-3-8-13(12)19-14/h2-3,7-8,10-11,14,16H,4-6,9H2,1H3,(H,17,18). The number of hydrogen-bond donors (Lipinski definition) is 2. The van der Waals surface area contributed by atoms with Gasteiger partial charge in [0.25, 0.3) is 5.91 Å². The number of hydrogen-bond acceptors (Lipinski definition) is 3. The number of benzene rings is 1. The van der Waals surface area contributed by atoms with Gasteiger partial charge in [-0.2, -0.15) is 0 Å². The van der Waals surface area contributed by atoms with Gasteiger partial charge in [-0.05, 0) is 37.8 Å². The number of anilines is 1. The lowest BCUT2D eigenvalue weighted by Gasteiger charge is -2.33. The second-order valence-corrected chi connectivity index (χ2v) is 5.47. The van der Waals surface area contributed by atoms with Crippen LogP contribution in [-0.2, 0) is 4.79 Å². The second kappa shape index (κ2) is 5.11. The normalized spacial score (nSPS) is 23.3. The highest BCUT2D eigenvalue weighted by molar-refractivity contribution is 5.83. The Balaban J connectivity index is 1.59. The van der Waals surface area contributed by atoms with Crippen LogP contribution in [0.1, 0.15) is 26.2 Å². The molecule has 102 valence electrons. The van der Waals surface area contributed by atoms with Crippen LogP contribution in [-0.4, -0.2) is 24.6 Å². The maximum Gasteiger partial charge on any atom is 0.263 e. The van der Waals surface area contributed by atoms with Gasteiger partial charge in [0.1, 0.15) is 5.75 Å². The molecule has 2 unspecified atom stereocenters. The van der Waals surface area contributed by atoms with Crippen molar-refractivity contribution in [2.75, 3.05) is 11.9 Å². The lowest BCUT2D eigenvalue weighted by atomic mass is 9.80. The first-order valence-corrected chi connectivity index (χ1v) is 7.04. The molecule has 0 saturated heterocycles. The lowest BCUT2D eigenvalue weighted by molar-refractivity contribution is -0.128. The molecule has 1 aromatic rings. The zero-order valence-corrected chi connectivity index (χ0v) is 11.2. The average Bonchev–Trinajstić information content (AvgIpc) is 2.36. The summed E-state index contributed by atoms with van der Waals surface area (Å²) >= 11 is 0. The third kappa shape index (κ3) is 2.53. The van der Waals surface area contributed by atoms with Crippen LogP contribution in [0.2, 0.25) is 0 Å². The number of nitrogens with one attached hydrogen (secondary N) is 2. The molecule has 1 heterocycles. The van der Waals surface area contributed by atoms with Crippen molar-refractivity contribution in [3.63, 3.8) is 0 Å². The maximum absolute atomic E-state index is 12.2. The van der Waals surface area contributed by atoms with Gasteiger partial charge in [0.2, 0.25) is 0 Å². The number of amides is 1. The molecule has 0 radical (unpaired) electrons. The number of ether oxygens (including phenoxy) is 1. The van der Waals surface area contributed by atoms with Crippen molar-refractivity contribution < 1.29 is 9.53 Å². The zero-order valence-electron chi connectivity index (χ0n) is 11.2. The Labute approximate surface area is 113 Å². The third-order valence-electron chi connectivity index (χ3n) is 4.15. The minimum Gasteiger partial charge on any atom is -0.477 e. The van der Waals surface area contributed by atoms with E-state index in [2.05, 4.69) is 17.6 Å². The molecular weight excluding hydrogens is 240 g/mol. The number of carbonyl (C=O) groups excluding carboxylic acids is 1. The Morgan fingerprint density at radius 1 is 1.42 bits per heavy atom. The maximum atomic E-state index is 12.2. The summed E-state index contributed by atoms with van der Waals surface area (Å²) in [5, 5.41) is 6.32. The summed E-state index contributed by atoms with van der Waals surface area (Å²) in [6, 6.07) is 7.96. The predicted octanol–water partition coefficient (Wildman–Crippen LogP) is 2.16. The van der Waals surface area contributed by atoms with Crippen molar-refractivity contribution in [1.82, 2.24) is 5.32 Å². The Hall–Kier alpha value is -1.71. The highest BCUT2D eigenvalue weighted by atomic mass is 16.5. The highest BCUT2D eigenvalue weighted by Gasteiger charge is 2.30. The molecule has 3 rings (SSSR count). The van der Waals surface area contributed by atoms with Crippen LogP contribution < -0.4 is 15.4 Å². The molecule has 19 heavy (non-hydrogen) atoms. The molecule has 2 atom stereocenters. The van der Waals surface area contributed by atoms with E-state index in [0.29, 0.717) is 12.5 Å². The van der Waals surface area contributed by atoms with Gasteiger partial charge in [0.15, 0.2) is 6.10 Å². The monoisotopic (exact) mass is 260 g/mol. The summed E-state index contributed by atoms with van der Waals surface area (Å²) in [6.07, 6.45) is 3.32. The second-order valence-electron chi connectivity index (χ2n) is 5.47. The lowest BCUT2D eigenvalue weighted by Crippen LogP contribution is -2.50. The summed E-state index contributed by atoms with van der Waals surface area (Å²) < 4.78 is 5.75. The van der Waals surface area contributed by atoms with Gasteiger partial charge in [-0.15, -0.1) is 0 Å². The third-order valence-corrected chi connectivity index (χ3v) is 4.15. The van der Waals surface area contributed by atoms with Crippen LogP contribution in [0.15, 0.2) is 24.3 Å². The molecule has 4 heteroatoms. The summed E-state index contributed by atoms with van der Waals surface area (Å²) in [7, 11) is 0. The van der Waals surface area contributed by atoms with Crippen LogP contribution >= 0.6 is 0 Å². The average molecular weight is 260 g/mol. The molecule has 2 aliphatic rings. The van der Waals surface area contributed by atoms with Gasteiger partial charge >= 0.3 is 0 Å². The Morgan fingerprint density at radius 2 is 2.21 bits per heavy atom. The Bertz CT molecular complexity index is 471. The van der Waals surface area contributed by atoms with Gasteiger partial charge < -0.3 is 15.4 Å². The van der Waals surface area contributed by atoms with Crippen molar-refractivity contribution in [3.8, 4) is 5.75 Å². The fourth-order valence-electron chi connectivity index (χ4n) is 2.63. The molecule has 0 bridgehead atoms. The van der Waals surface area contributed by atoms with Crippen molar-refractivity contribution in [2.45, 2.75) is 38.3 Å². The number of carbonyl (C=O) groups is 1. The SMILES string of the molecule is CC(NC(=O)C1CNc2ccccc2O1)C1CCC1.